The molecule has 0 aromatic rings. The van der Waals surface area contributed by atoms with Crippen LogP contribution in [0.2, 0.25) is 0 Å². The minimum Gasteiger partial charge on any atom is -0.469 e. The van der Waals surface area contributed by atoms with Crippen LogP contribution in [0.15, 0.2) is 4.99 Å². The van der Waals surface area contributed by atoms with Crippen LogP contribution in [-0.2, 0) is 9.53 Å². The lowest BCUT2D eigenvalue weighted by Gasteiger charge is -2.27. The number of ether oxygens (including phenoxy) is 1. The zero-order valence-corrected chi connectivity index (χ0v) is 12.0. The van der Waals surface area contributed by atoms with Crippen LogP contribution in [0, 0.1) is 0 Å². The van der Waals surface area contributed by atoms with Crippen molar-refractivity contribution in [3.63, 3.8) is 0 Å². The number of esters is 1. The summed E-state index contributed by atoms with van der Waals surface area (Å²) in [6.07, 6.45) is 3.91. The van der Waals surface area contributed by atoms with Crippen molar-refractivity contribution in [1.82, 2.24) is 4.90 Å². The van der Waals surface area contributed by atoms with Gasteiger partial charge in [-0.05, 0) is 19.3 Å². The molecule has 6 heteroatoms. The van der Waals surface area contributed by atoms with Crippen molar-refractivity contribution < 1.29 is 9.53 Å². The molecule has 0 atom stereocenters. The molecule has 0 bridgehead atoms. The Balaban J connectivity index is 0.00000225. The van der Waals surface area contributed by atoms with Gasteiger partial charge in [0.25, 0.3) is 0 Å². The highest BCUT2D eigenvalue weighted by Gasteiger charge is 2.11. The van der Waals surface area contributed by atoms with E-state index in [-0.39, 0.29) is 29.9 Å². The number of nitrogens with two attached hydrogens (primary N) is 1. The van der Waals surface area contributed by atoms with Gasteiger partial charge in [0.2, 0.25) is 0 Å². The second kappa shape index (κ2) is 8.60. The monoisotopic (exact) mass is 341 g/mol. The molecule has 1 fully saturated rings. The predicted molar refractivity (Wildman–Crippen MR) is 74.0 cm³/mol. The lowest BCUT2D eigenvalue weighted by molar-refractivity contribution is -0.140. The van der Waals surface area contributed by atoms with Crippen LogP contribution in [-0.4, -0.2) is 43.6 Å². The molecule has 1 heterocycles. The van der Waals surface area contributed by atoms with E-state index in [4.69, 9.17) is 5.73 Å². The minimum atomic E-state index is -0.245. The van der Waals surface area contributed by atoms with Gasteiger partial charge in [-0.15, -0.1) is 24.0 Å². The molecule has 1 aliphatic rings. The summed E-state index contributed by atoms with van der Waals surface area (Å²) in [7, 11) is 1.38. The molecular formula is C10H20IN3O2. The summed E-state index contributed by atoms with van der Waals surface area (Å²) in [6, 6.07) is 0. The first kappa shape index (κ1) is 15.5. The molecular weight excluding hydrogens is 321 g/mol. The summed E-state index contributed by atoms with van der Waals surface area (Å²) >= 11 is 0. The number of halogens is 1. The highest BCUT2D eigenvalue weighted by Crippen LogP contribution is 2.07. The molecule has 1 saturated heterocycles. The molecule has 94 valence electrons. The Morgan fingerprint density at radius 1 is 1.38 bits per heavy atom. The fourth-order valence-electron chi connectivity index (χ4n) is 1.59. The van der Waals surface area contributed by atoms with Crippen molar-refractivity contribution >= 4 is 35.9 Å². The zero-order valence-electron chi connectivity index (χ0n) is 9.65. The number of likely N-dealkylation sites (tertiary alicyclic amines) is 1. The fraction of sp³-hybridized carbons (Fsp3) is 0.800. The maximum atomic E-state index is 10.8. The van der Waals surface area contributed by atoms with Crippen molar-refractivity contribution in [3.05, 3.63) is 0 Å². The van der Waals surface area contributed by atoms with E-state index in [1.54, 1.807) is 0 Å². The molecule has 0 radical (unpaired) electrons. The highest BCUT2D eigenvalue weighted by atomic mass is 127. The van der Waals surface area contributed by atoms with Crippen molar-refractivity contribution in [2.75, 3.05) is 26.7 Å². The van der Waals surface area contributed by atoms with Crippen molar-refractivity contribution in [1.29, 1.82) is 0 Å². The Kier molecular flexibility index (Phi) is 8.32. The molecule has 16 heavy (non-hydrogen) atoms. The van der Waals surface area contributed by atoms with Crippen LogP contribution in [0.3, 0.4) is 0 Å². The van der Waals surface area contributed by atoms with Crippen LogP contribution >= 0.6 is 24.0 Å². The molecule has 0 unspecified atom stereocenters. The molecule has 0 spiro atoms. The van der Waals surface area contributed by atoms with Crippen LogP contribution in [0.4, 0.5) is 0 Å². The number of guanidine groups is 1. The summed E-state index contributed by atoms with van der Waals surface area (Å²) < 4.78 is 4.51. The quantitative estimate of drug-likeness (QED) is 0.360. The lowest BCUT2D eigenvalue weighted by atomic mass is 10.1. The summed E-state index contributed by atoms with van der Waals surface area (Å²) in [5, 5.41) is 0. The third kappa shape index (κ3) is 5.53. The van der Waals surface area contributed by atoms with Gasteiger partial charge in [0, 0.05) is 13.1 Å². The molecule has 1 rings (SSSR count). The van der Waals surface area contributed by atoms with Gasteiger partial charge < -0.3 is 15.4 Å². The van der Waals surface area contributed by atoms with Crippen LogP contribution < -0.4 is 5.73 Å². The molecule has 0 saturated carbocycles. The maximum absolute atomic E-state index is 10.8. The topological polar surface area (TPSA) is 67.9 Å². The molecule has 5 nitrogen and oxygen atoms in total. The van der Waals surface area contributed by atoms with Gasteiger partial charge in [-0.3, -0.25) is 9.79 Å². The second-order valence-corrected chi connectivity index (χ2v) is 3.61. The Bertz CT molecular complexity index is 240. The number of carbonyl (C=O) groups excluding carboxylic acids is 1. The minimum absolute atomic E-state index is 0. The Morgan fingerprint density at radius 2 is 2.00 bits per heavy atom. The third-order valence-electron chi connectivity index (χ3n) is 2.50. The third-order valence-corrected chi connectivity index (χ3v) is 2.50. The van der Waals surface area contributed by atoms with Crippen LogP contribution in [0.25, 0.3) is 0 Å². The number of rotatable bonds is 3. The summed E-state index contributed by atoms with van der Waals surface area (Å²) in [5.74, 6) is 0.309. The van der Waals surface area contributed by atoms with E-state index < -0.39 is 0 Å². The normalized spacial score (nSPS) is 16.6. The Morgan fingerprint density at radius 3 is 2.56 bits per heavy atom. The molecule has 0 aromatic carbocycles. The number of carbonyl (C=O) groups is 1. The van der Waals surface area contributed by atoms with Gasteiger partial charge in [0.15, 0.2) is 5.96 Å². The van der Waals surface area contributed by atoms with Crippen molar-refractivity contribution in [3.8, 4) is 0 Å². The first-order valence-corrected chi connectivity index (χ1v) is 5.35. The van der Waals surface area contributed by atoms with Crippen molar-refractivity contribution in [2.45, 2.75) is 25.7 Å². The smallest absolute Gasteiger partial charge is 0.307 e. The number of hydrogen-bond acceptors (Lipinski definition) is 3. The molecule has 0 aromatic heterocycles. The highest BCUT2D eigenvalue weighted by molar-refractivity contribution is 14.0. The van der Waals surface area contributed by atoms with Gasteiger partial charge in [-0.1, -0.05) is 0 Å². The number of piperidine rings is 1. The van der Waals surface area contributed by atoms with E-state index in [1.165, 1.54) is 26.4 Å². The fourth-order valence-corrected chi connectivity index (χ4v) is 1.59. The predicted octanol–water partition coefficient (Wildman–Crippen LogP) is 0.968. The second-order valence-electron chi connectivity index (χ2n) is 3.61. The molecule has 0 aliphatic carbocycles. The summed E-state index contributed by atoms with van der Waals surface area (Å²) in [6.45, 7) is 2.37. The van der Waals surface area contributed by atoms with E-state index in [0.29, 0.717) is 18.9 Å². The Hall–Kier alpha value is -0.530. The largest absolute Gasteiger partial charge is 0.469 e. The zero-order chi connectivity index (χ0) is 11.1. The Labute approximate surface area is 113 Å². The summed E-state index contributed by atoms with van der Waals surface area (Å²) in [4.78, 5) is 17.0. The SMILES string of the molecule is COC(=O)CCN=C(N)N1CCCCC1.I. The van der Waals surface area contributed by atoms with Gasteiger partial charge in [0.05, 0.1) is 20.1 Å². The average Bonchev–Trinajstić information content (AvgIpc) is 2.29. The van der Waals surface area contributed by atoms with E-state index in [2.05, 4.69) is 14.6 Å². The first-order valence-electron chi connectivity index (χ1n) is 5.35. The van der Waals surface area contributed by atoms with Crippen molar-refractivity contribution in [2.24, 2.45) is 10.7 Å². The van der Waals surface area contributed by atoms with Crippen LogP contribution in [0.5, 0.6) is 0 Å². The van der Waals surface area contributed by atoms with Gasteiger partial charge in [0.1, 0.15) is 0 Å². The first-order chi connectivity index (χ1) is 7.24. The number of aliphatic imine (C=N–C) groups is 1. The van der Waals surface area contributed by atoms with Gasteiger partial charge >= 0.3 is 5.97 Å². The number of nitrogens with zero attached hydrogens (tertiary/aromatic N) is 2. The molecule has 2 N–H and O–H groups in total. The van der Waals surface area contributed by atoms with E-state index in [1.807, 2.05) is 0 Å². The standard InChI is InChI=1S/C10H19N3O2.HI/c1-15-9(14)5-6-12-10(11)13-7-3-2-4-8-13;/h2-8H2,1H3,(H2,11,12);1H. The van der Waals surface area contributed by atoms with Gasteiger partial charge in [-0.2, -0.15) is 0 Å². The number of methoxy groups -OCH3 is 1. The van der Waals surface area contributed by atoms with E-state index in [0.717, 1.165) is 13.1 Å². The van der Waals surface area contributed by atoms with E-state index >= 15 is 0 Å². The van der Waals surface area contributed by atoms with Gasteiger partial charge in [-0.25, -0.2) is 0 Å². The average molecular weight is 341 g/mol. The lowest BCUT2D eigenvalue weighted by Crippen LogP contribution is -2.41. The molecule has 1 aliphatic heterocycles. The number of hydrogen-bond donors (Lipinski definition) is 1. The summed E-state index contributed by atoms with van der Waals surface area (Å²) in [5.41, 5.74) is 5.80. The van der Waals surface area contributed by atoms with E-state index in [9.17, 15) is 4.79 Å². The van der Waals surface area contributed by atoms with Crippen LogP contribution in [0.1, 0.15) is 25.7 Å². The maximum Gasteiger partial charge on any atom is 0.307 e. The molecule has 0 amide bonds.